The number of nitrogens with one attached hydrogen (secondary N) is 2. The molecule has 2 amide bonds. The molecule has 0 spiro atoms. The first-order valence-corrected chi connectivity index (χ1v) is 13.7. The van der Waals surface area contributed by atoms with Gasteiger partial charge in [0.1, 0.15) is 5.69 Å². The van der Waals surface area contributed by atoms with Crippen LogP contribution < -0.4 is 10.6 Å². The van der Waals surface area contributed by atoms with Gasteiger partial charge in [-0.3, -0.25) is 14.6 Å². The Labute approximate surface area is 235 Å². The van der Waals surface area contributed by atoms with E-state index in [0.29, 0.717) is 17.8 Å². The average Bonchev–Trinajstić information content (AvgIpc) is 3.35. The zero-order valence-electron chi connectivity index (χ0n) is 23.4. The van der Waals surface area contributed by atoms with Crippen molar-refractivity contribution in [3.8, 4) is 0 Å². The number of hydrogen-bond acceptors (Lipinski definition) is 7. The Morgan fingerprint density at radius 1 is 1.00 bits per heavy atom. The SMILES string of the molecule is CC(C)CC(NC(=O)C1(Cc2ccccc2)CC(C(NC(=O)c2nccc3ccccc23)C(C)C)=NO1)B(O)O. The number of hydrogen-bond donors (Lipinski definition) is 4. The Morgan fingerprint density at radius 2 is 1.70 bits per heavy atom. The van der Waals surface area contributed by atoms with Crippen molar-refractivity contribution in [3.05, 3.63) is 78.1 Å². The van der Waals surface area contributed by atoms with Gasteiger partial charge in [0, 0.05) is 24.4 Å². The fourth-order valence-electron chi connectivity index (χ4n) is 5.10. The highest BCUT2D eigenvalue weighted by molar-refractivity contribution is 6.43. The molecule has 2 aromatic carbocycles. The van der Waals surface area contributed by atoms with Crippen molar-refractivity contribution < 1.29 is 24.5 Å². The number of carbonyl (C=O) groups excluding carboxylic acids is 2. The first-order chi connectivity index (χ1) is 19.1. The van der Waals surface area contributed by atoms with Crippen LogP contribution in [0.15, 0.2) is 72.0 Å². The highest BCUT2D eigenvalue weighted by Gasteiger charge is 2.49. The molecule has 40 heavy (non-hydrogen) atoms. The third kappa shape index (κ3) is 6.68. The zero-order chi connectivity index (χ0) is 28.9. The van der Waals surface area contributed by atoms with Crippen LogP contribution in [0, 0.1) is 11.8 Å². The Hall–Kier alpha value is -3.76. The summed E-state index contributed by atoms with van der Waals surface area (Å²) in [6.45, 7) is 7.80. The summed E-state index contributed by atoms with van der Waals surface area (Å²) < 4.78 is 0. The van der Waals surface area contributed by atoms with Gasteiger partial charge in [-0.25, -0.2) is 0 Å². The molecule has 2 heterocycles. The maximum atomic E-state index is 13.8. The van der Waals surface area contributed by atoms with Crippen molar-refractivity contribution >= 4 is 35.4 Å². The fourth-order valence-corrected chi connectivity index (χ4v) is 5.10. The molecule has 10 heteroatoms. The molecule has 1 aromatic heterocycles. The van der Waals surface area contributed by atoms with E-state index in [1.165, 1.54) is 0 Å². The van der Waals surface area contributed by atoms with Crippen molar-refractivity contribution in [2.24, 2.45) is 17.0 Å². The molecule has 9 nitrogen and oxygen atoms in total. The summed E-state index contributed by atoms with van der Waals surface area (Å²) in [5, 5.41) is 31.7. The first kappa shape index (κ1) is 29.2. The number of carbonyl (C=O) groups is 2. The van der Waals surface area contributed by atoms with Gasteiger partial charge in [-0.2, -0.15) is 0 Å². The maximum Gasteiger partial charge on any atom is 0.475 e. The normalized spacial score (nSPS) is 18.2. The number of benzene rings is 2. The van der Waals surface area contributed by atoms with Gasteiger partial charge in [-0.15, -0.1) is 0 Å². The molecule has 210 valence electrons. The first-order valence-electron chi connectivity index (χ1n) is 13.7. The van der Waals surface area contributed by atoms with Crippen LogP contribution in [0.25, 0.3) is 10.8 Å². The van der Waals surface area contributed by atoms with E-state index in [9.17, 15) is 19.6 Å². The number of fused-ring (bicyclic) bond motifs is 1. The Balaban J connectivity index is 1.60. The van der Waals surface area contributed by atoms with Crippen molar-refractivity contribution in [2.45, 2.75) is 64.5 Å². The van der Waals surface area contributed by atoms with Gasteiger partial charge in [-0.05, 0) is 35.3 Å². The third-order valence-corrected chi connectivity index (χ3v) is 7.15. The van der Waals surface area contributed by atoms with Crippen LogP contribution in [0.1, 0.15) is 56.6 Å². The second-order valence-corrected chi connectivity index (χ2v) is 11.2. The van der Waals surface area contributed by atoms with E-state index < -0.39 is 30.6 Å². The predicted molar refractivity (Wildman–Crippen MR) is 155 cm³/mol. The minimum Gasteiger partial charge on any atom is -0.426 e. The van der Waals surface area contributed by atoms with Gasteiger partial charge in [0.25, 0.3) is 11.8 Å². The summed E-state index contributed by atoms with van der Waals surface area (Å²) in [7, 11) is -1.72. The van der Waals surface area contributed by atoms with Crippen LogP contribution in [-0.2, 0) is 16.1 Å². The summed E-state index contributed by atoms with van der Waals surface area (Å²) in [6, 6.07) is 18.3. The Bertz CT molecular complexity index is 1360. The van der Waals surface area contributed by atoms with E-state index in [4.69, 9.17) is 4.84 Å². The minimum absolute atomic E-state index is 0.0650. The molecular formula is C30H37BN4O5. The van der Waals surface area contributed by atoms with E-state index in [1.807, 2.05) is 88.4 Å². The molecule has 3 aromatic rings. The van der Waals surface area contributed by atoms with Crippen LogP contribution in [0.2, 0.25) is 0 Å². The van der Waals surface area contributed by atoms with Crippen molar-refractivity contribution in [2.75, 3.05) is 0 Å². The van der Waals surface area contributed by atoms with E-state index in [0.717, 1.165) is 16.3 Å². The van der Waals surface area contributed by atoms with Crippen LogP contribution in [0.5, 0.6) is 0 Å². The van der Waals surface area contributed by atoms with Crippen LogP contribution >= 0.6 is 0 Å². The maximum absolute atomic E-state index is 13.8. The fraction of sp³-hybridized carbons (Fsp3) is 0.400. The predicted octanol–water partition coefficient (Wildman–Crippen LogP) is 3.29. The summed E-state index contributed by atoms with van der Waals surface area (Å²) in [4.78, 5) is 37.5. The lowest BCUT2D eigenvalue weighted by atomic mass is 9.74. The number of aromatic nitrogens is 1. The highest BCUT2D eigenvalue weighted by Crippen LogP contribution is 2.32. The van der Waals surface area contributed by atoms with Crippen LogP contribution in [-0.4, -0.2) is 57.3 Å². The molecule has 4 rings (SSSR count). The molecule has 0 aliphatic carbocycles. The second kappa shape index (κ2) is 12.6. The van der Waals surface area contributed by atoms with Crippen molar-refractivity contribution in [1.29, 1.82) is 0 Å². The molecule has 3 unspecified atom stereocenters. The zero-order valence-corrected chi connectivity index (χ0v) is 23.4. The van der Waals surface area contributed by atoms with Gasteiger partial charge in [-0.1, -0.05) is 87.4 Å². The number of nitrogens with zero attached hydrogens (tertiary/aromatic N) is 2. The summed E-state index contributed by atoms with van der Waals surface area (Å²) in [5.74, 6) is -1.64. The Morgan fingerprint density at radius 3 is 2.38 bits per heavy atom. The number of amides is 2. The monoisotopic (exact) mass is 544 g/mol. The van der Waals surface area contributed by atoms with Crippen LogP contribution in [0.3, 0.4) is 0 Å². The van der Waals surface area contributed by atoms with Gasteiger partial charge in [0.05, 0.1) is 17.7 Å². The van der Waals surface area contributed by atoms with E-state index in [2.05, 4.69) is 20.8 Å². The molecular weight excluding hydrogens is 507 g/mol. The topological polar surface area (TPSA) is 133 Å². The summed E-state index contributed by atoms with van der Waals surface area (Å²) >= 11 is 0. The second-order valence-electron chi connectivity index (χ2n) is 11.2. The molecule has 0 saturated carbocycles. The summed E-state index contributed by atoms with van der Waals surface area (Å²) in [5.41, 5.74) is 0.282. The Kier molecular flexibility index (Phi) is 9.22. The number of oxime groups is 1. The van der Waals surface area contributed by atoms with Crippen molar-refractivity contribution in [1.82, 2.24) is 15.6 Å². The van der Waals surface area contributed by atoms with Crippen molar-refractivity contribution in [3.63, 3.8) is 0 Å². The molecule has 0 saturated heterocycles. The van der Waals surface area contributed by atoms with Gasteiger partial charge in [0.15, 0.2) is 0 Å². The minimum atomic E-state index is -1.72. The third-order valence-electron chi connectivity index (χ3n) is 7.15. The lowest BCUT2D eigenvalue weighted by molar-refractivity contribution is -0.144. The summed E-state index contributed by atoms with van der Waals surface area (Å²) in [6.07, 6.45) is 2.32. The molecule has 1 aliphatic rings. The van der Waals surface area contributed by atoms with E-state index in [-0.39, 0.29) is 30.6 Å². The number of pyridine rings is 1. The van der Waals surface area contributed by atoms with E-state index >= 15 is 0 Å². The largest absolute Gasteiger partial charge is 0.475 e. The number of rotatable bonds is 11. The van der Waals surface area contributed by atoms with E-state index in [1.54, 1.807) is 6.20 Å². The molecule has 0 fully saturated rings. The van der Waals surface area contributed by atoms with Gasteiger partial charge < -0.3 is 25.5 Å². The molecule has 0 bridgehead atoms. The smallest absolute Gasteiger partial charge is 0.426 e. The van der Waals surface area contributed by atoms with Gasteiger partial charge in [0.2, 0.25) is 5.60 Å². The average molecular weight is 544 g/mol. The highest BCUT2D eigenvalue weighted by atomic mass is 16.7. The quantitative estimate of drug-likeness (QED) is 0.274. The molecule has 1 aliphatic heterocycles. The molecule has 4 N–H and O–H groups in total. The lowest BCUT2D eigenvalue weighted by Crippen LogP contribution is -2.56. The van der Waals surface area contributed by atoms with Crippen LogP contribution in [0.4, 0.5) is 0 Å². The molecule has 0 radical (unpaired) electrons. The van der Waals surface area contributed by atoms with Gasteiger partial charge >= 0.3 is 7.12 Å². The molecule has 3 atom stereocenters. The standard InChI is InChI=1S/C30H37BN4O5/c1-19(2)16-25(31(38)39)33-29(37)30(17-21-10-6-5-7-11-21)18-24(35-40-30)26(20(3)4)34-28(36)27-23-13-9-8-12-22(23)14-15-32-27/h5-15,19-20,25-26,38-39H,16-18H2,1-4H3,(H,33,37)(H,34,36). The lowest BCUT2D eigenvalue weighted by Gasteiger charge is -2.30.